The second-order valence-electron chi connectivity index (χ2n) is 6.76. The van der Waals surface area contributed by atoms with Crippen LogP contribution in [0.4, 0.5) is 13.2 Å². The first kappa shape index (κ1) is 20.8. The van der Waals surface area contributed by atoms with Crippen LogP contribution < -0.4 is 0 Å². The number of carbonyl (C=O) groups excluding carboxylic acids is 2. The number of alkyl halides is 3. The number of hydrogen-bond donors (Lipinski definition) is 0. The molecule has 1 saturated heterocycles. The van der Waals surface area contributed by atoms with Crippen molar-refractivity contribution < 1.29 is 27.5 Å². The first-order valence-corrected chi connectivity index (χ1v) is 9.33. The number of benzene rings is 1. The van der Waals surface area contributed by atoms with Crippen molar-refractivity contribution in [2.24, 2.45) is 0 Å². The third-order valence-corrected chi connectivity index (χ3v) is 4.68. The Labute approximate surface area is 165 Å². The number of ether oxygens (including phenoxy) is 1. The van der Waals surface area contributed by atoms with Crippen molar-refractivity contribution in [2.75, 3.05) is 13.2 Å². The number of piperidine rings is 1. The van der Waals surface area contributed by atoms with E-state index in [-0.39, 0.29) is 18.8 Å². The first-order chi connectivity index (χ1) is 13.8. The Balaban J connectivity index is 1.73. The van der Waals surface area contributed by atoms with Crippen LogP contribution in [0.2, 0.25) is 0 Å². The van der Waals surface area contributed by atoms with Gasteiger partial charge in [-0.05, 0) is 43.9 Å². The minimum atomic E-state index is -4.43. The van der Waals surface area contributed by atoms with Gasteiger partial charge in [0.05, 0.1) is 24.9 Å². The lowest BCUT2D eigenvalue weighted by molar-refractivity contribution is -0.149. The largest absolute Gasteiger partial charge is 0.464 e. The molecule has 0 spiro atoms. The van der Waals surface area contributed by atoms with Crippen molar-refractivity contribution in [2.45, 2.75) is 44.9 Å². The molecule has 0 saturated carbocycles. The number of carbonyl (C=O) groups is 2. The number of nitrogens with zero attached hydrogens (tertiary/aromatic N) is 4. The minimum absolute atomic E-state index is 0.0332. The summed E-state index contributed by atoms with van der Waals surface area (Å²) in [6.07, 6.45) is -0.965. The van der Waals surface area contributed by atoms with E-state index in [1.165, 1.54) is 21.8 Å². The van der Waals surface area contributed by atoms with Crippen molar-refractivity contribution in [3.05, 3.63) is 47.3 Å². The maximum absolute atomic E-state index is 12.9. The fourth-order valence-corrected chi connectivity index (χ4v) is 3.31. The third kappa shape index (κ3) is 4.93. The van der Waals surface area contributed by atoms with Crippen LogP contribution in [-0.4, -0.2) is 51.0 Å². The zero-order chi connectivity index (χ0) is 21.0. The number of halogens is 3. The Bertz CT molecular complexity index is 882. The average Bonchev–Trinajstić information content (AvgIpc) is 3.15. The van der Waals surface area contributed by atoms with E-state index in [9.17, 15) is 22.8 Å². The third-order valence-electron chi connectivity index (χ3n) is 4.68. The summed E-state index contributed by atoms with van der Waals surface area (Å²) >= 11 is 0. The molecule has 1 aromatic heterocycles. The maximum atomic E-state index is 12.9. The summed E-state index contributed by atoms with van der Waals surface area (Å²) in [5.41, 5.74) is -0.337. The van der Waals surface area contributed by atoms with Crippen molar-refractivity contribution in [3.63, 3.8) is 0 Å². The summed E-state index contributed by atoms with van der Waals surface area (Å²) in [6.45, 7) is 2.37. The van der Waals surface area contributed by atoms with E-state index >= 15 is 0 Å². The quantitative estimate of drug-likeness (QED) is 0.709. The highest BCUT2D eigenvalue weighted by atomic mass is 19.4. The number of rotatable bonds is 5. The molecule has 2 aromatic rings. The monoisotopic (exact) mass is 410 g/mol. The molecule has 1 aliphatic heterocycles. The van der Waals surface area contributed by atoms with E-state index in [0.717, 1.165) is 25.0 Å². The van der Waals surface area contributed by atoms with Gasteiger partial charge in [0, 0.05) is 6.54 Å². The molecule has 1 aromatic carbocycles. The lowest BCUT2D eigenvalue weighted by atomic mass is 10.0. The standard InChI is InChI=1S/C19H21F3N4O3/c1-2-29-18(28)16-8-3-4-9-26(16)17(27)15-12-25(24-23-15)11-13-6-5-7-14(10-13)19(20,21)22/h5-7,10,12,16H,2-4,8-9,11H2,1H3/t16-/m1/s1. The Morgan fingerprint density at radius 3 is 2.79 bits per heavy atom. The predicted molar refractivity (Wildman–Crippen MR) is 95.9 cm³/mol. The molecule has 0 bridgehead atoms. The van der Waals surface area contributed by atoms with E-state index in [1.807, 2.05) is 0 Å². The van der Waals surface area contributed by atoms with Crippen LogP contribution in [0.5, 0.6) is 0 Å². The molecule has 0 unspecified atom stereocenters. The zero-order valence-electron chi connectivity index (χ0n) is 15.9. The SMILES string of the molecule is CCOC(=O)[C@H]1CCCCN1C(=O)c1cn(Cc2cccc(C(F)(F)F)c2)nn1. The number of aromatic nitrogens is 3. The van der Waals surface area contributed by atoms with Gasteiger partial charge in [0.2, 0.25) is 0 Å². The van der Waals surface area contributed by atoms with Gasteiger partial charge in [-0.15, -0.1) is 5.10 Å². The van der Waals surface area contributed by atoms with E-state index in [2.05, 4.69) is 10.3 Å². The van der Waals surface area contributed by atoms with Crippen LogP contribution in [-0.2, 0) is 22.3 Å². The highest BCUT2D eigenvalue weighted by Crippen LogP contribution is 2.29. The number of esters is 1. The fourth-order valence-electron chi connectivity index (χ4n) is 3.31. The van der Waals surface area contributed by atoms with Gasteiger partial charge in [-0.3, -0.25) is 4.79 Å². The molecule has 10 heteroatoms. The van der Waals surface area contributed by atoms with Crippen LogP contribution in [0.15, 0.2) is 30.5 Å². The average molecular weight is 410 g/mol. The summed E-state index contributed by atoms with van der Waals surface area (Å²) < 4.78 is 44.9. The van der Waals surface area contributed by atoms with Crippen LogP contribution in [0.1, 0.15) is 47.8 Å². The highest BCUT2D eigenvalue weighted by molar-refractivity contribution is 5.95. The van der Waals surface area contributed by atoms with Crippen molar-refractivity contribution in [1.82, 2.24) is 19.9 Å². The van der Waals surface area contributed by atoms with E-state index < -0.39 is 29.7 Å². The number of likely N-dealkylation sites (tertiary alicyclic amines) is 1. The minimum Gasteiger partial charge on any atom is -0.464 e. The molecule has 3 rings (SSSR count). The van der Waals surface area contributed by atoms with Crippen molar-refractivity contribution in [1.29, 1.82) is 0 Å². The topological polar surface area (TPSA) is 77.3 Å². The van der Waals surface area contributed by atoms with Gasteiger partial charge in [-0.1, -0.05) is 17.3 Å². The molecule has 7 nitrogen and oxygen atoms in total. The van der Waals surface area contributed by atoms with Gasteiger partial charge in [0.1, 0.15) is 6.04 Å². The summed E-state index contributed by atoms with van der Waals surface area (Å²) in [6, 6.07) is 4.22. The van der Waals surface area contributed by atoms with Crippen LogP contribution in [0.3, 0.4) is 0 Å². The molecule has 2 heterocycles. The molecule has 0 radical (unpaired) electrons. The lowest BCUT2D eigenvalue weighted by Crippen LogP contribution is -2.48. The summed E-state index contributed by atoms with van der Waals surface area (Å²) in [4.78, 5) is 26.4. The van der Waals surface area contributed by atoms with Crippen LogP contribution in [0, 0.1) is 0 Å². The Hall–Kier alpha value is -2.91. The molecular formula is C19H21F3N4O3. The number of amides is 1. The van der Waals surface area contributed by atoms with Crippen molar-refractivity contribution >= 4 is 11.9 Å². The fraction of sp³-hybridized carbons (Fsp3) is 0.474. The second kappa shape index (κ2) is 8.62. The summed E-state index contributed by atoms with van der Waals surface area (Å²) in [5, 5.41) is 7.69. The molecular weight excluding hydrogens is 389 g/mol. The van der Waals surface area contributed by atoms with Crippen LogP contribution >= 0.6 is 0 Å². The Morgan fingerprint density at radius 1 is 1.28 bits per heavy atom. The molecule has 0 N–H and O–H groups in total. The van der Waals surface area contributed by atoms with Gasteiger partial charge in [-0.25, -0.2) is 9.48 Å². The molecule has 1 fully saturated rings. The molecule has 1 atom stereocenters. The molecule has 1 amide bonds. The van der Waals surface area contributed by atoms with Gasteiger partial charge in [-0.2, -0.15) is 13.2 Å². The first-order valence-electron chi connectivity index (χ1n) is 9.33. The summed E-state index contributed by atoms with van der Waals surface area (Å²) in [7, 11) is 0. The van der Waals surface area contributed by atoms with E-state index in [0.29, 0.717) is 18.5 Å². The predicted octanol–water partition coefficient (Wildman–Crippen LogP) is 2.90. The van der Waals surface area contributed by atoms with Crippen molar-refractivity contribution in [3.8, 4) is 0 Å². The van der Waals surface area contributed by atoms with Gasteiger partial charge in [0.25, 0.3) is 5.91 Å². The zero-order valence-corrected chi connectivity index (χ0v) is 15.9. The lowest BCUT2D eigenvalue weighted by Gasteiger charge is -2.33. The van der Waals surface area contributed by atoms with Gasteiger partial charge in [0.15, 0.2) is 5.69 Å². The maximum Gasteiger partial charge on any atom is 0.416 e. The molecule has 29 heavy (non-hydrogen) atoms. The number of hydrogen-bond acceptors (Lipinski definition) is 5. The second-order valence-corrected chi connectivity index (χ2v) is 6.76. The van der Waals surface area contributed by atoms with E-state index in [1.54, 1.807) is 13.0 Å². The summed E-state index contributed by atoms with van der Waals surface area (Å²) in [5.74, 6) is -0.894. The Morgan fingerprint density at radius 2 is 2.07 bits per heavy atom. The van der Waals surface area contributed by atoms with Crippen LogP contribution in [0.25, 0.3) is 0 Å². The smallest absolute Gasteiger partial charge is 0.416 e. The van der Waals surface area contributed by atoms with Gasteiger partial charge >= 0.3 is 12.1 Å². The molecule has 1 aliphatic rings. The van der Waals surface area contributed by atoms with Gasteiger partial charge < -0.3 is 9.64 Å². The molecule has 0 aliphatic carbocycles. The normalized spacial score (nSPS) is 17.2. The Kier molecular flexibility index (Phi) is 6.19. The highest BCUT2D eigenvalue weighted by Gasteiger charge is 2.35. The molecule has 156 valence electrons. The van der Waals surface area contributed by atoms with E-state index in [4.69, 9.17) is 4.74 Å².